The van der Waals surface area contributed by atoms with E-state index < -0.39 is 28.4 Å². The Morgan fingerprint density at radius 2 is 1.85 bits per heavy atom. The lowest BCUT2D eigenvalue weighted by atomic mass is 9.96. The molecule has 2 aromatic carbocycles. The van der Waals surface area contributed by atoms with Gasteiger partial charge in [-0.15, -0.1) is 0 Å². The van der Waals surface area contributed by atoms with Crippen LogP contribution in [0.25, 0.3) is 22.0 Å². The van der Waals surface area contributed by atoms with Crippen molar-refractivity contribution in [3.05, 3.63) is 65.9 Å². The molecule has 7 nitrogen and oxygen atoms in total. The monoisotopic (exact) mass is 464 g/mol. The molecule has 8 heteroatoms. The lowest BCUT2D eigenvalue weighted by Crippen LogP contribution is -2.24. The van der Waals surface area contributed by atoms with Crippen molar-refractivity contribution in [3.8, 4) is 0 Å². The maximum atomic E-state index is 13.0. The highest BCUT2D eigenvalue weighted by atomic mass is 32.2. The molecule has 2 aliphatic rings. The summed E-state index contributed by atoms with van der Waals surface area (Å²) in [6.45, 7) is 4.03. The van der Waals surface area contributed by atoms with Crippen molar-refractivity contribution in [1.29, 1.82) is 0 Å². The Labute approximate surface area is 193 Å². The van der Waals surface area contributed by atoms with Crippen molar-refractivity contribution >= 4 is 44.7 Å². The van der Waals surface area contributed by atoms with Gasteiger partial charge in [-0.3, -0.25) is 19.1 Å². The Bertz CT molecular complexity index is 1350. The SMILES string of the molecule is Cn1cc(C2=C(c3cccc(S(=O)CC4COC(C)(C)O4)c3)C(=O)NC2=O)c2ccccc21. The van der Waals surface area contributed by atoms with E-state index in [1.807, 2.05) is 55.9 Å². The molecular weight excluding hydrogens is 440 g/mol. The predicted molar refractivity (Wildman–Crippen MR) is 126 cm³/mol. The molecule has 1 fully saturated rings. The first-order valence-corrected chi connectivity index (χ1v) is 12.0. The van der Waals surface area contributed by atoms with Gasteiger partial charge >= 0.3 is 0 Å². The number of hydrogen-bond donors (Lipinski definition) is 1. The van der Waals surface area contributed by atoms with Gasteiger partial charge in [0, 0.05) is 34.6 Å². The van der Waals surface area contributed by atoms with Gasteiger partial charge in [0.1, 0.15) is 0 Å². The van der Waals surface area contributed by atoms with Crippen molar-refractivity contribution in [2.24, 2.45) is 7.05 Å². The van der Waals surface area contributed by atoms with E-state index in [2.05, 4.69) is 5.32 Å². The van der Waals surface area contributed by atoms with E-state index in [-0.39, 0.29) is 17.4 Å². The molecule has 3 aromatic rings. The third-order valence-electron chi connectivity index (χ3n) is 5.89. The molecule has 2 unspecified atom stereocenters. The molecule has 1 aromatic heterocycles. The van der Waals surface area contributed by atoms with Crippen molar-refractivity contribution < 1.29 is 23.3 Å². The lowest BCUT2D eigenvalue weighted by Gasteiger charge is -2.17. The molecule has 170 valence electrons. The summed E-state index contributed by atoms with van der Waals surface area (Å²) in [5.41, 5.74) is 2.82. The second-order valence-corrected chi connectivity index (χ2v) is 10.2. The Kier molecular flexibility index (Phi) is 5.31. The molecule has 3 heterocycles. The van der Waals surface area contributed by atoms with Crippen LogP contribution in [-0.2, 0) is 36.9 Å². The first-order valence-electron chi connectivity index (χ1n) is 10.7. The second-order valence-electron chi connectivity index (χ2n) is 8.69. The molecule has 0 radical (unpaired) electrons. The van der Waals surface area contributed by atoms with Crippen molar-refractivity contribution in [2.45, 2.75) is 30.6 Å². The molecule has 33 heavy (non-hydrogen) atoms. The van der Waals surface area contributed by atoms with Gasteiger partial charge in [0.25, 0.3) is 11.8 Å². The molecule has 0 aliphatic carbocycles. The summed E-state index contributed by atoms with van der Waals surface area (Å²) < 4.78 is 26.3. The topological polar surface area (TPSA) is 86.6 Å². The standard InChI is InChI=1S/C25H24N2O5S/c1-25(2)31-13-16(32-25)14-33(30)17-8-6-7-15(11-17)21-22(24(29)26-23(21)28)19-12-27(3)20-10-5-4-9-18(19)20/h4-12,16H,13-14H2,1-3H3,(H,26,28,29). The highest BCUT2D eigenvalue weighted by Gasteiger charge is 2.35. The van der Waals surface area contributed by atoms with Gasteiger partial charge in [0.2, 0.25) is 0 Å². The van der Waals surface area contributed by atoms with Gasteiger partial charge in [-0.1, -0.05) is 30.3 Å². The largest absolute Gasteiger partial charge is 0.350 e. The number of fused-ring (bicyclic) bond motifs is 1. The molecule has 2 atom stereocenters. The number of para-hydroxylation sites is 1. The number of amides is 2. The van der Waals surface area contributed by atoms with Gasteiger partial charge in [-0.2, -0.15) is 0 Å². The first-order chi connectivity index (χ1) is 15.7. The fourth-order valence-electron chi connectivity index (χ4n) is 4.43. The number of benzene rings is 2. The van der Waals surface area contributed by atoms with Crippen LogP contribution in [0, 0.1) is 0 Å². The van der Waals surface area contributed by atoms with Crippen LogP contribution in [-0.4, -0.2) is 44.8 Å². The molecule has 1 saturated heterocycles. The molecule has 5 rings (SSSR count). The van der Waals surface area contributed by atoms with Gasteiger partial charge in [-0.05, 0) is 37.6 Å². The number of aromatic nitrogens is 1. The maximum absolute atomic E-state index is 13.0. The normalized spacial score (nSPS) is 21.1. The number of imide groups is 1. The van der Waals surface area contributed by atoms with Crippen LogP contribution in [0.3, 0.4) is 0 Å². The predicted octanol–water partition coefficient (Wildman–Crippen LogP) is 3.00. The van der Waals surface area contributed by atoms with Crippen molar-refractivity contribution in [1.82, 2.24) is 9.88 Å². The average molecular weight is 465 g/mol. The van der Waals surface area contributed by atoms with E-state index in [9.17, 15) is 13.8 Å². The van der Waals surface area contributed by atoms with Crippen LogP contribution in [0.5, 0.6) is 0 Å². The number of aryl methyl sites for hydroxylation is 1. The van der Waals surface area contributed by atoms with Crippen LogP contribution in [0.15, 0.2) is 59.6 Å². The Morgan fingerprint density at radius 1 is 1.09 bits per heavy atom. The Morgan fingerprint density at radius 3 is 2.61 bits per heavy atom. The summed E-state index contributed by atoms with van der Waals surface area (Å²) in [6, 6.07) is 14.7. The molecule has 0 bridgehead atoms. The summed E-state index contributed by atoms with van der Waals surface area (Å²) in [6.07, 6.45) is 1.59. The smallest absolute Gasteiger partial charge is 0.259 e. The van der Waals surface area contributed by atoms with Gasteiger partial charge in [0.15, 0.2) is 5.79 Å². The van der Waals surface area contributed by atoms with Crippen molar-refractivity contribution in [2.75, 3.05) is 12.4 Å². The average Bonchev–Trinajstić information content (AvgIpc) is 3.40. The molecular formula is C25H24N2O5S. The van der Waals surface area contributed by atoms with Crippen LogP contribution in [0.2, 0.25) is 0 Å². The first kappa shape index (κ1) is 21.8. The summed E-state index contributed by atoms with van der Waals surface area (Å²) in [5, 5.41) is 3.32. The van der Waals surface area contributed by atoms with Crippen LogP contribution >= 0.6 is 0 Å². The minimum Gasteiger partial charge on any atom is -0.350 e. The third kappa shape index (κ3) is 3.94. The fourth-order valence-corrected chi connectivity index (χ4v) is 5.62. The van der Waals surface area contributed by atoms with E-state index >= 15 is 0 Å². The maximum Gasteiger partial charge on any atom is 0.259 e. The minimum absolute atomic E-state index is 0.272. The molecule has 2 aliphatic heterocycles. The number of nitrogens with zero attached hydrogens (tertiary/aromatic N) is 1. The fraction of sp³-hybridized carbons (Fsp3) is 0.280. The number of nitrogens with one attached hydrogen (secondary N) is 1. The van der Waals surface area contributed by atoms with E-state index in [0.717, 1.165) is 10.9 Å². The summed E-state index contributed by atoms with van der Waals surface area (Å²) in [4.78, 5) is 26.2. The highest BCUT2D eigenvalue weighted by molar-refractivity contribution is 7.85. The van der Waals surface area contributed by atoms with Gasteiger partial charge < -0.3 is 14.0 Å². The van der Waals surface area contributed by atoms with Gasteiger partial charge in [0.05, 0.1) is 40.4 Å². The zero-order valence-electron chi connectivity index (χ0n) is 18.6. The lowest BCUT2D eigenvalue weighted by molar-refractivity contribution is -0.135. The van der Waals surface area contributed by atoms with E-state index in [0.29, 0.717) is 28.2 Å². The molecule has 1 N–H and O–H groups in total. The van der Waals surface area contributed by atoms with E-state index in [1.54, 1.807) is 24.3 Å². The number of hydrogen-bond acceptors (Lipinski definition) is 5. The van der Waals surface area contributed by atoms with E-state index in [4.69, 9.17) is 9.47 Å². The zero-order chi connectivity index (χ0) is 23.3. The molecule has 0 saturated carbocycles. The van der Waals surface area contributed by atoms with Crippen molar-refractivity contribution in [3.63, 3.8) is 0 Å². The quantitative estimate of drug-likeness (QED) is 0.587. The number of ether oxygens (including phenoxy) is 2. The Hall–Kier alpha value is -3.07. The van der Waals surface area contributed by atoms with Gasteiger partial charge in [-0.25, -0.2) is 0 Å². The summed E-state index contributed by atoms with van der Waals surface area (Å²) in [7, 11) is 0.544. The number of rotatable bonds is 5. The van der Waals surface area contributed by atoms with Crippen LogP contribution < -0.4 is 5.32 Å². The zero-order valence-corrected chi connectivity index (χ0v) is 19.4. The summed E-state index contributed by atoms with van der Waals surface area (Å²) >= 11 is 0. The summed E-state index contributed by atoms with van der Waals surface area (Å²) in [5.74, 6) is -1.29. The second kappa shape index (κ2) is 8.06. The molecule has 2 amide bonds. The third-order valence-corrected chi connectivity index (χ3v) is 7.34. The highest BCUT2D eigenvalue weighted by Crippen LogP contribution is 2.36. The minimum atomic E-state index is -1.36. The van der Waals surface area contributed by atoms with Crippen LogP contribution in [0.4, 0.5) is 0 Å². The number of carbonyl (C=O) groups excluding carboxylic acids is 2. The van der Waals surface area contributed by atoms with Crippen LogP contribution in [0.1, 0.15) is 25.0 Å². The Balaban J connectivity index is 1.54. The molecule has 0 spiro atoms. The van der Waals surface area contributed by atoms with E-state index in [1.165, 1.54) is 0 Å². The number of carbonyl (C=O) groups is 2.